The van der Waals surface area contributed by atoms with Crippen molar-refractivity contribution in [1.82, 2.24) is 14.5 Å². The zero-order chi connectivity index (χ0) is 17.7. The Morgan fingerprint density at radius 2 is 2.00 bits per heavy atom. The molecule has 1 N–H and O–H groups in total. The monoisotopic (exact) mass is 370 g/mol. The van der Waals surface area contributed by atoms with Gasteiger partial charge in [-0.15, -0.1) is 11.3 Å². The molecule has 136 valence electrons. The molecule has 1 unspecified atom stereocenters. The molecule has 3 aromatic heterocycles. The van der Waals surface area contributed by atoms with E-state index in [1.807, 2.05) is 10.6 Å². The Bertz CT molecular complexity index is 1020. The Hall–Kier alpha value is -1.99. The van der Waals surface area contributed by atoms with Crippen molar-refractivity contribution in [2.75, 3.05) is 18.0 Å². The van der Waals surface area contributed by atoms with Crippen LogP contribution in [0.5, 0.6) is 0 Å². The highest BCUT2D eigenvalue weighted by Crippen LogP contribution is 2.37. The Balaban J connectivity index is 1.68. The number of aromatic nitrogens is 3. The van der Waals surface area contributed by atoms with Crippen LogP contribution in [0.2, 0.25) is 0 Å². The van der Waals surface area contributed by atoms with Gasteiger partial charge in [0.05, 0.1) is 29.0 Å². The molecule has 0 aromatic carbocycles. The number of β-amino-alcohol motifs (C(OH)–C–C–N with tert-alkyl or cyclic N) is 1. The summed E-state index contributed by atoms with van der Waals surface area (Å²) in [6.45, 7) is 1.44. The van der Waals surface area contributed by atoms with Crippen molar-refractivity contribution in [1.29, 1.82) is 0 Å². The number of thiophene rings is 1. The van der Waals surface area contributed by atoms with E-state index in [9.17, 15) is 9.90 Å². The molecule has 2 fully saturated rings. The predicted molar refractivity (Wildman–Crippen MR) is 104 cm³/mol. The molecule has 7 heteroatoms. The number of aliphatic hydroxyl groups excluding tert-OH is 1. The molecule has 5 rings (SSSR count). The molecule has 1 atom stereocenters. The standard InChI is InChI=1S/C19H22N4O2S/c24-13-7-9-22(10-13)14-6-8-20-18-15(14)16-17(26-18)19(25)23(11-21-16)12-4-2-1-3-5-12/h6,8,11-13,24H,1-5,7,9-10H2. The largest absolute Gasteiger partial charge is 0.391 e. The zero-order valence-corrected chi connectivity index (χ0v) is 15.4. The molecule has 4 heterocycles. The first kappa shape index (κ1) is 16.2. The van der Waals surface area contributed by atoms with E-state index in [-0.39, 0.29) is 17.7 Å². The summed E-state index contributed by atoms with van der Waals surface area (Å²) in [5.41, 5.74) is 1.85. The number of pyridine rings is 1. The molecule has 0 radical (unpaired) electrons. The summed E-state index contributed by atoms with van der Waals surface area (Å²) in [6, 6.07) is 2.25. The van der Waals surface area contributed by atoms with Crippen LogP contribution in [0.15, 0.2) is 23.4 Å². The normalized spacial score (nSPS) is 21.9. The summed E-state index contributed by atoms with van der Waals surface area (Å²) in [5.74, 6) is 0. The van der Waals surface area contributed by atoms with Crippen LogP contribution in [0.4, 0.5) is 5.69 Å². The first-order valence-corrected chi connectivity index (χ1v) is 10.3. The molecule has 1 saturated carbocycles. The van der Waals surface area contributed by atoms with Gasteiger partial charge in [0.1, 0.15) is 9.53 Å². The van der Waals surface area contributed by atoms with E-state index in [0.29, 0.717) is 11.2 Å². The van der Waals surface area contributed by atoms with Gasteiger partial charge < -0.3 is 10.0 Å². The number of nitrogens with zero attached hydrogens (tertiary/aromatic N) is 4. The van der Waals surface area contributed by atoms with Gasteiger partial charge >= 0.3 is 0 Å². The molecule has 26 heavy (non-hydrogen) atoms. The second-order valence-corrected chi connectivity index (χ2v) is 8.43. The van der Waals surface area contributed by atoms with E-state index >= 15 is 0 Å². The van der Waals surface area contributed by atoms with Crippen molar-refractivity contribution in [2.24, 2.45) is 0 Å². The molecule has 1 aliphatic heterocycles. The first-order chi connectivity index (χ1) is 12.7. The van der Waals surface area contributed by atoms with Crippen molar-refractivity contribution in [3.05, 3.63) is 28.9 Å². The topological polar surface area (TPSA) is 71.2 Å². The highest BCUT2D eigenvalue weighted by molar-refractivity contribution is 7.25. The maximum absolute atomic E-state index is 13.1. The Labute approximate surface area is 155 Å². The molecule has 6 nitrogen and oxygen atoms in total. The molecule has 2 aliphatic rings. The van der Waals surface area contributed by atoms with E-state index in [1.165, 1.54) is 30.6 Å². The molecular weight excluding hydrogens is 348 g/mol. The van der Waals surface area contributed by atoms with Crippen LogP contribution in [0, 0.1) is 0 Å². The maximum atomic E-state index is 13.1. The van der Waals surface area contributed by atoms with Crippen molar-refractivity contribution in [3.8, 4) is 0 Å². The van der Waals surface area contributed by atoms with Gasteiger partial charge in [-0.2, -0.15) is 0 Å². The van der Waals surface area contributed by atoms with E-state index in [0.717, 1.165) is 47.2 Å². The number of aliphatic hydroxyl groups is 1. The number of hydrogen-bond donors (Lipinski definition) is 1. The minimum atomic E-state index is -0.292. The number of fused-ring (bicyclic) bond motifs is 3. The van der Waals surface area contributed by atoms with E-state index < -0.39 is 0 Å². The van der Waals surface area contributed by atoms with Crippen molar-refractivity contribution in [2.45, 2.75) is 50.7 Å². The summed E-state index contributed by atoms with van der Waals surface area (Å²) in [4.78, 5) is 25.4. The summed E-state index contributed by atoms with van der Waals surface area (Å²) < 4.78 is 2.55. The van der Waals surface area contributed by atoms with Crippen LogP contribution in [-0.2, 0) is 0 Å². The van der Waals surface area contributed by atoms with E-state index in [1.54, 1.807) is 12.5 Å². The molecule has 0 bridgehead atoms. The molecule has 3 aromatic rings. The number of anilines is 1. The fourth-order valence-corrected chi connectivity index (χ4v) is 5.45. The molecule has 1 saturated heterocycles. The van der Waals surface area contributed by atoms with Gasteiger partial charge in [-0.05, 0) is 25.3 Å². The predicted octanol–water partition coefficient (Wildman–Crippen LogP) is 3.08. The van der Waals surface area contributed by atoms with Crippen molar-refractivity contribution in [3.63, 3.8) is 0 Å². The minimum absolute atomic E-state index is 0.0670. The Kier molecular flexibility index (Phi) is 3.94. The average molecular weight is 370 g/mol. The van der Waals surface area contributed by atoms with Gasteiger partial charge in [0.15, 0.2) is 0 Å². The fourth-order valence-electron chi connectivity index (χ4n) is 4.39. The highest BCUT2D eigenvalue weighted by Gasteiger charge is 2.25. The SMILES string of the molecule is O=c1c2sc3nccc(N4CCC(O)C4)c3c2ncn1C1CCCCC1. The smallest absolute Gasteiger partial charge is 0.271 e. The van der Waals surface area contributed by atoms with Crippen molar-refractivity contribution >= 4 is 37.5 Å². The summed E-state index contributed by atoms with van der Waals surface area (Å²) in [6.07, 6.45) is 9.77. The van der Waals surface area contributed by atoms with Gasteiger partial charge in [0.2, 0.25) is 0 Å². The van der Waals surface area contributed by atoms with Gasteiger partial charge in [-0.25, -0.2) is 9.97 Å². The Morgan fingerprint density at radius 3 is 2.77 bits per heavy atom. The lowest BCUT2D eigenvalue weighted by Gasteiger charge is -2.23. The highest BCUT2D eigenvalue weighted by atomic mass is 32.1. The lowest BCUT2D eigenvalue weighted by molar-refractivity contribution is 0.198. The lowest BCUT2D eigenvalue weighted by Crippen LogP contribution is -2.26. The third-order valence-electron chi connectivity index (χ3n) is 5.76. The summed E-state index contributed by atoms with van der Waals surface area (Å²) >= 11 is 1.44. The van der Waals surface area contributed by atoms with E-state index in [4.69, 9.17) is 4.98 Å². The van der Waals surface area contributed by atoms with Gasteiger partial charge in [0, 0.05) is 25.3 Å². The number of rotatable bonds is 2. The van der Waals surface area contributed by atoms with Crippen LogP contribution in [0.25, 0.3) is 20.4 Å². The minimum Gasteiger partial charge on any atom is -0.391 e. The maximum Gasteiger partial charge on any atom is 0.271 e. The van der Waals surface area contributed by atoms with Gasteiger partial charge in [-0.3, -0.25) is 9.36 Å². The first-order valence-electron chi connectivity index (χ1n) is 9.44. The third-order valence-corrected chi connectivity index (χ3v) is 6.83. The van der Waals surface area contributed by atoms with Gasteiger partial charge in [-0.1, -0.05) is 19.3 Å². The molecule has 0 amide bonds. The van der Waals surface area contributed by atoms with Crippen LogP contribution < -0.4 is 10.5 Å². The summed E-state index contributed by atoms with van der Waals surface area (Å²) in [5, 5.41) is 10.9. The van der Waals surface area contributed by atoms with Crippen LogP contribution in [0.1, 0.15) is 44.6 Å². The number of hydrogen-bond acceptors (Lipinski definition) is 6. The lowest BCUT2D eigenvalue weighted by atomic mass is 9.95. The average Bonchev–Trinajstić information content (AvgIpc) is 3.27. The second kappa shape index (κ2) is 6.32. The second-order valence-electron chi connectivity index (χ2n) is 7.43. The molecule has 0 spiro atoms. The molecular formula is C19H22N4O2S. The third kappa shape index (κ3) is 2.53. The van der Waals surface area contributed by atoms with Crippen LogP contribution in [-0.4, -0.2) is 38.8 Å². The van der Waals surface area contributed by atoms with Crippen molar-refractivity contribution < 1.29 is 5.11 Å². The van der Waals surface area contributed by atoms with Gasteiger partial charge in [0.25, 0.3) is 5.56 Å². The zero-order valence-electron chi connectivity index (χ0n) is 14.6. The van der Waals surface area contributed by atoms with E-state index in [2.05, 4.69) is 9.88 Å². The fraction of sp³-hybridized carbons (Fsp3) is 0.526. The summed E-state index contributed by atoms with van der Waals surface area (Å²) in [7, 11) is 0. The van der Waals surface area contributed by atoms with Crippen LogP contribution in [0.3, 0.4) is 0 Å². The quantitative estimate of drug-likeness (QED) is 0.751. The van der Waals surface area contributed by atoms with Crippen LogP contribution >= 0.6 is 11.3 Å². The molecule has 1 aliphatic carbocycles. The Morgan fingerprint density at radius 1 is 1.15 bits per heavy atom.